The molecule has 0 aromatic heterocycles. The number of hydrogen-bond donors (Lipinski definition) is 2. The second-order valence-corrected chi connectivity index (χ2v) is 6.90. The van der Waals surface area contributed by atoms with Gasteiger partial charge >= 0.3 is 6.18 Å². The number of likely N-dealkylation sites (N-methyl/N-ethyl adjacent to an activating group) is 1. The zero-order chi connectivity index (χ0) is 22.9. The Morgan fingerprint density at radius 3 is 2.47 bits per heavy atom. The minimum absolute atomic E-state index is 0. The lowest BCUT2D eigenvalue weighted by atomic mass is 10.1. The molecular formula is C22H28F3IN4O2. The van der Waals surface area contributed by atoms with Gasteiger partial charge in [0, 0.05) is 26.2 Å². The molecular weight excluding hydrogens is 536 g/mol. The maximum absolute atomic E-state index is 12.9. The Morgan fingerprint density at radius 1 is 1.09 bits per heavy atom. The summed E-state index contributed by atoms with van der Waals surface area (Å²) in [4.78, 5) is 17.7. The van der Waals surface area contributed by atoms with Crippen LogP contribution in [0.4, 0.5) is 13.2 Å². The Kier molecular flexibility index (Phi) is 11.3. The first-order valence-electron chi connectivity index (χ1n) is 9.80. The third-order valence-corrected chi connectivity index (χ3v) is 4.30. The van der Waals surface area contributed by atoms with Crippen LogP contribution in [0.5, 0.6) is 5.75 Å². The van der Waals surface area contributed by atoms with Gasteiger partial charge in [0.05, 0.1) is 25.3 Å². The van der Waals surface area contributed by atoms with E-state index in [9.17, 15) is 18.0 Å². The van der Waals surface area contributed by atoms with Crippen molar-refractivity contribution < 1.29 is 22.7 Å². The highest BCUT2D eigenvalue weighted by molar-refractivity contribution is 14.0. The van der Waals surface area contributed by atoms with Crippen molar-refractivity contribution in [2.45, 2.75) is 26.2 Å². The summed E-state index contributed by atoms with van der Waals surface area (Å²) in [5.74, 6) is 0.862. The third-order valence-electron chi connectivity index (χ3n) is 4.30. The lowest BCUT2D eigenvalue weighted by molar-refractivity contribution is -0.137. The van der Waals surface area contributed by atoms with Crippen molar-refractivity contribution in [2.75, 3.05) is 27.2 Å². The van der Waals surface area contributed by atoms with E-state index in [1.807, 2.05) is 31.2 Å². The van der Waals surface area contributed by atoms with E-state index in [2.05, 4.69) is 15.6 Å². The molecule has 2 aromatic carbocycles. The second-order valence-electron chi connectivity index (χ2n) is 6.90. The minimum Gasteiger partial charge on any atom is -0.494 e. The summed E-state index contributed by atoms with van der Waals surface area (Å²) >= 11 is 0. The number of para-hydroxylation sites is 1. The fourth-order valence-corrected chi connectivity index (χ4v) is 2.63. The maximum atomic E-state index is 12.9. The molecule has 0 bridgehead atoms. The summed E-state index contributed by atoms with van der Waals surface area (Å²) in [6.45, 7) is 2.78. The number of benzene rings is 2. The van der Waals surface area contributed by atoms with Crippen molar-refractivity contribution in [1.82, 2.24) is 15.5 Å². The van der Waals surface area contributed by atoms with E-state index in [1.165, 1.54) is 11.0 Å². The molecule has 32 heavy (non-hydrogen) atoms. The third kappa shape index (κ3) is 8.93. The molecule has 0 aliphatic rings. The van der Waals surface area contributed by atoms with Crippen LogP contribution < -0.4 is 15.4 Å². The molecule has 10 heteroatoms. The zero-order valence-electron chi connectivity index (χ0n) is 18.2. The molecule has 0 unspecified atom stereocenters. The lowest BCUT2D eigenvalue weighted by Crippen LogP contribution is -2.42. The molecule has 0 aliphatic carbocycles. The van der Waals surface area contributed by atoms with Crippen LogP contribution in [-0.4, -0.2) is 44.0 Å². The van der Waals surface area contributed by atoms with Gasteiger partial charge < -0.3 is 20.3 Å². The van der Waals surface area contributed by atoms with Crippen LogP contribution in [0, 0.1) is 0 Å². The first-order chi connectivity index (χ1) is 14.7. The van der Waals surface area contributed by atoms with Crippen molar-refractivity contribution in [3.05, 3.63) is 65.2 Å². The van der Waals surface area contributed by atoms with Gasteiger partial charge in [-0.15, -0.1) is 24.0 Å². The Hall–Kier alpha value is -2.50. The van der Waals surface area contributed by atoms with Gasteiger partial charge in [0.1, 0.15) is 5.75 Å². The first-order valence-corrected chi connectivity index (χ1v) is 9.80. The maximum Gasteiger partial charge on any atom is 0.416 e. The molecule has 6 nitrogen and oxygen atoms in total. The van der Waals surface area contributed by atoms with Crippen molar-refractivity contribution >= 4 is 35.8 Å². The summed E-state index contributed by atoms with van der Waals surface area (Å²) in [6.07, 6.45) is -4.42. The average molecular weight is 564 g/mol. The predicted molar refractivity (Wildman–Crippen MR) is 129 cm³/mol. The molecule has 2 aromatic rings. The van der Waals surface area contributed by atoms with E-state index in [0.717, 1.165) is 23.4 Å². The highest BCUT2D eigenvalue weighted by Crippen LogP contribution is 2.29. The Morgan fingerprint density at radius 2 is 1.81 bits per heavy atom. The van der Waals surface area contributed by atoms with E-state index in [4.69, 9.17) is 4.74 Å². The molecule has 0 spiro atoms. The summed E-state index contributed by atoms with van der Waals surface area (Å²) in [7, 11) is 3.27. The topological polar surface area (TPSA) is 66.0 Å². The second kappa shape index (κ2) is 13.1. The van der Waals surface area contributed by atoms with Gasteiger partial charge in [-0.25, -0.2) is 4.99 Å². The average Bonchev–Trinajstić information content (AvgIpc) is 2.73. The van der Waals surface area contributed by atoms with Crippen LogP contribution >= 0.6 is 24.0 Å². The molecule has 2 N–H and O–H groups in total. The fourth-order valence-electron chi connectivity index (χ4n) is 2.63. The molecule has 0 heterocycles. The fraction of sp³-hybridized carbons (Fsp3) is 0.364. The molecule has 2 rings (SSSR count). The van der Waals surface area contributed by atoms with Crippen LogP contribution in [0.15, 0.2) is 53.5 Å². The van der Waals surface area contributed by atoms with Gasteiger partial charge in [-0.3, -0.25) is 4.79 Å². The van der Waals surface area contributed by atoms with E-state index in [0.29, 0.717) is 24.7 Å². The number of nitrogens with zero attached hydrogens (tertiary/aromatic N) is 2. The number of guanidine groups is 1. The first kappa shape index (κ1) is 27.5. The molecule has 1 amide bonds. The highest BCUT2D eigenvalue weighted by atomic mass is 127. The lowest BCUT2D eigenvalue weighted by Gasteiger charge is -2.16. The van der Waals surface area contributed by atoms with Gasteiger partial charge in [0.2, 0.25) is 5.91 Å². The number of ether oxygens (including phenoxy) is 1. The van der Waals surface area contributed by atoms with Crippen LogP contribution in [-0.2, 0) is 24.1 Å². The van der Waals surface area contributed by atoms with Gasteiger partial charge in [-0.05, 0) is 30.7 Å². The number of hydrogen-bond acceptors (Lipinski definition) is 3. The van der Waals surface area contributed by atoms with Crippen molar-refractivity contribution in [1.29, 1.82) is 0 Å². The number of carbonyl (C=O) groups excluding carboxylic acids is 1. The number of halogens is 4. The minimum atomic E-state index is -4.42. The molecule has 176 valence electrons. The molecule has 0 atom stereocenters. The predicted octanol–water partition coefficient (Wildman–Crippen LogP) is 4.05. The summed E-state index contributed by atoms with van der Waals surface area (Å²) in [5.41, 5.74) is 0.567. The van der Waals surface area contributed by atoms with Gasteiger partial charge in [0.25, 0.3) is 0 Å². The SMILES string of the molecule is CCOc1ccccc1CNC(=NCc1cccc(C(F)(F)F)c1)NCC(=O)N(C)C.I. The summed E-state index contributed by atoms with van der Waals surface area (Å²) < 4.78 is 44.4. The van der Waals surface area contributed by atoms with E-state index < -0.39 is 11.7 Å². The standard InChI is InChI=1S/C22H27F3N4O2.HI/c1-4-31-19-11-6-5-9-17(19)14-27-21(28-15-20(30)29(2)3)26-13-16-8-7-10-18(12-16)22(23,24)25;/h5-12H,4,13-15H2,1-3H3,(H2,26,27,28);1H. The van der Waals surface area contributed by atoms with Gasteiger partial charge in [0.15, 0.2) is 5.96 Å². The smallest absolute Gasteiger partial charge is 0.416 e. The van der Waals surface area contributed by atoms with Crippen molar-refractivity contribution in [3.8, 4) is 5.75 Å². The Bertz CT molecular complexity index is 905. The number of carbonyl (C=O) groups is 1. The van der Waals surface area contributed by atoms with Crippen LogP contribution in [0.25, 0.3) is 0 Å². The molecule has 0 saturated heterocycles. The summed E-state index contributed by atoms with van der Waals surface area (Å²) in [5, 5.41) is 6.03. The van der Waals surface area contributed by atoms with Crippen LogP contribution in [0.2, 0.25) is 0 Å². The van der Waals surface area contributed by atoms with E-state index in [-0.39, 0.29) is 43.0 Å². The van der Waals surface area contributed by atoms with Crippen molar-refractivity contribution in [2.24, 2.45) is 4.99 Å². The monoisotopic (exact) mass is 564 g/mol. The van der Waals surface area contributed by atoms with Gasteiger partial charge in [-0.1, -0.05) is 30.3 Å². The molecule has 0 radical (unpaired) electrons. The van der Waals surface area contributed by atoms with E-state index >= 15 is 0 Å². The number of rotatable bonds is 8. The number of amides is 1. The number of alkyl halides is 3. The van der Waals surface area contributed by atoms with Crippen molar-refractivity contribution in [3.63, 3.8) is 0 Å². The largest absolute Gasteiger partial charge is 0.494 e. The van der Waals surface area contributed by atoms with E-state index in [1.54, 1.807) is 20.2 Å². The molecule has 0 saturated carbocycles. The number of aliphatic imine (C=N–C) groups is 1. The Balaban J connectivity index is 0.00000512. The van der Waals surface area contributed by atoms with Crippen LogP contribution in [0.3, 0.4) is 0 Å². The van der Waals surface area contributed by atoms with Crippen LogP contribution in [0.1, 0.15) is 23.6 Å². The normalized spacial score (nSPS) is 11.4. The summed E-state index contributed by atoms with van der Waals surface area (Å²) in [6, 6.07) is 12.5. The molecule has 0 aliphatic heterocycles. The highest BCUT2D eigenvalue weighted by Gasteiger charge is 2.30. The Labute approximate surface area is 203 Å². The zero-order valence-corrected chi connectivity index (χ0v) is 20.5. The number of nitrogens with one attached hydrogen (secondary N) is 2. The quantitative estimate of drug-likeness (QED) is 0.289. The molecule has 0 fully saturated rings. The van der Waals surface area contributed by atoms with Gasteiger partial charge in [-0.2, -0.15) is 13.2 Å².